The third-order valence-electron chi connectivity index (χ3n) is 4.00. The van der Waals surface area contributed by atoms with Gasteiger partial charge in [-0.2, -0.15) is 0 Å². The number of carbonyl (C=O) groups is 1. The van der Waals surface area contributed by atoms with E-state index >= 15 is 0 Å². The van der Waals surface area contributed by atoms with Gasteiger partial charge in [0.15, 0.2) is 5.96 Å². The monoisotopic (exact) mass is 462 g/mol. The molecule has 0 aromatic heterocycles. The minimum absolute atomic E-state index is 0. The van der Waals surface area contributed by atoms with E-state index in [1.165, 1.54) is 0 Å². The third-order valence-corrected chi connectivity index (χ3v) is 4.00. The Morgan fingerprint density at radius 2 is 1.76 bits per heavy atom. The Labute approximate surface area is 168 Å². The lowest BCUT2D eigenvalue weighted by Gasteiger charge is -2.16. The predicted molar refractivity (Wildman–Crippen MR) is 114 cm³/mol. The van der Waals surface area contributed by atoms with Crippen molar-refractivity contribution in [1.29, 1.82) is 0 Å². The lowest BCUT2D eigenvalue weighted by molar-refractivity contribution is -0.120. The molecule has 0 heterocycles. The molecule has 0 aliphatic rings. The van der Waals surface area contributed by atoms with Crippen molar-refractivity contribution in [2.24, 2.45) is 10.9 Å². The van der Waals surface area contributed by atoms with Crippen molar-refractivity contribution in [2.45, 2.75) is 33.2 Å². The number of rotatable bonds is 9. The number of ether oxygens (including phenoxy) is 1. The second-order valence-corrected chi connectivity index (χ2v) is 5.61. The highest BCUT2D eigenvalue weighted by Crippen LogP contribution is 2.10. The molecule has 1 aromatic rings. The fourth-order valence-corrected chi connectivity index (χ4v) is 2.21. The zero-order chi connectivity index (χ0) is 17.8. The Morgan fingerprint density at radius 1 is 1.12 bits per heavy atom. The molecule has 25 heavy (non-hydrogen) atoms. The lowest BCUT2D eigenvalue weighted by atomic mass is 10.0. The van der Waals surface area contributed by atoms with Crippen molar-refractivity contribution in [3.05, 3.63) is 29.8 Å². The quantitative estimate of drug-likeness (QED) is 0.300. The van der Waals surface area contributed by atoms with Gasteiger partial charge in [0.2, 0.25) is 5.91 Å². The molecule has 0 saturated heterocycles. The van der Waals surface area contributed by atoms with Crippen LogP contribution in [-0.4, -0.2) is 39.1 Å². The first-order valence-electron chi connectivity index (χ1n) is 8.47. The summed E-state index contributed by atoms with van der Waals surface area (Å²) in [4.78, 5) is 16.1. The van der Waals surface area contributed by atoms with Crippen LogP contribution in [0.15, 0.2) is 29.3 Å². The third kappa shape index (κ3) is 9.52. The van der Waals surface area contributed by atoms with Crippen LogP contribution in [0.25, 0.3) is 0 Å². The summed E-state index contributed by atoms with van der Waals surface area (Å²) < 4.78 is 5.11. The van der Waals surface area contributed by atoms with Crippen molar-refractivity contribution >= 4 is 35.8 Å². The Morgan fingerprint density at radius 3 is 2.28 bits per heavy atom. The summed E-state index contributed by atoms with van der Waals surface area (Å²) in [5, 5.41) is 9.17. The van der Waals surface area contributed by atoms with E-state index in [1.54, 1.807) is 14.2 Å². The molecule has 1 amide bonds. The maximum atomic E-state index is 11.9. The Balaban J connectivity index is 0.00000576. The molecule has 0 aliphatic carbocycles. The van der Waals surface area contributed by atoms with Gasteiger partial charge in [0.25, 0.3) is 0 Å². The fourth-order valence-electron chi connectivity index (χ4n) is 2.21. The van der Waals surface area contributed by atoms with Gasteiger partial charge >= 0.3 is 0 Å². The molecule has 7 heteroatoms. The molecule has 0 bridgehead atoms. The number of nitrogens with one attached hydrogen (secondary N) is 3. The van der Waals surface area contributed by atoms with Gasteiger partial charge in [-0.3, -0.25) is 9.79 Å². The van der Waals surface area contributed by atoms with Crippen LogP contribution in [0.3, 0.4) is 0 Å². The molecular formula is C18H31IN4O2. The van der Waals surface area contributed by atoms with Gasteiger partial charge < -0.3 is 20.7 Å². The summed E-state index contributed by atoms with van der Waals surface area (Å²) in [5.41, 5.74) is 1.03. The van der Waals surface area contributed by atoms with E-state index in [-0.39, 0.29) is 36.4 Å². The van der Waals surface area contributed by atoms with Crippen LogP contribution in [0, 0.1) is 5.92 Å². The van der Waals surface area contributed by atoms with E-state index < -0.39 is 0 Å². The van der Waals surface area contributed by atoms with E-state index in [2.05, 4.69) is 34.8 Å². The number of carbonyl (C=O) groups excluding carboxylic acids is 1. The van der Waals surface area contributed by atoms with Gasteiger partial charge in [0, 0.05) is 20.1 Å². The molecule has 0 saturated carbocycles. The topological polar surface area (TPSA) is 74.8 Å². The maximum Gasteiger partial charge on any atom is 0.239 e. The Hall–Kier alpha value is -1.51. The maximum absolute atomic E-state index is 11.9. The standard InChI is InChI=1S/C18H30N4O2.HI/c1-5-14(6-2)11-21-18(19-3)22-13-17(23)20-12-15-7-9-16(24-4)10-8-15;/h7-10,14H,5-6,11-13H2,1-4H3,(H,20,23)(H2,19,21,22);1H. The second kappa shape index (κ2) is 13.7. The summed E-state index contributed by atoms with van der Waals surface area (Å²) in [6.07, 6.45) is 2.26. The first kappa shape index (κ1) is 23.5. The molecule has 0 spiro atoms. The van der Waals surface area contributed by atoms with Crippen molar-refractivity contribution in [3.8, 4) is 5.75 Å². The van der Waals surface area contributed by atoms with Gasteiger partial charge in [0.05, 0.1) is 13.7 Å². The van der Waals surface area contributed by atoms with Crippen LogP contribution >= 0.6 is 24.0 Å². The van der Waals surface area contributed by atoms with Crippen molar-refractivity contribution in [1.82, 2.24) is 16.0 Å². The van der Waals surface area contributed by atoms with E-state index in [1.807, 2.05) is 24.3 Å². The van der Waals surface area contributed by atoms with E-state index in [4.69, 9.17) is 4.74 Å². The molecule has 0 radical (unpaired) electrons. The molecule has 0 atom stereocenters. The lowest BCUT2D eigenvalue weighted by Crippen LogP contribution is -2.44. The number of methoxy groups -OCH3 is 1. The van der Waals surface area contributed by atoms with Crippen LogP contribution in [0.4, 0.5) is 0 Å². The molecule has 1 rings (SSSR count). The van der Waals surface area contributed by atoms with Crippen LogP contribution in [0.1, 0.15) is 32.3 Å². The molecule has 0 unspecified atom stereocenters. The molecule has 0 aliphatic heterocycles. The van der Waals surface area contributed by atoms with Gasteiger partial charge in [0.1, 0.15) is 5.75 Å². The largest absolute Gasteiger partial charge is 0.497 e. The molecule has 142 valence electrons. The van der Waals surface area contributed by atoms with E-state index in [9.17, 15) is 4.79 Å². The number of hydrogen-bond donors (Lipinski definition) is 3. The number of nitrogens with zero attached hydrogens (tertiary/aromatic N) is 1. The number of hydrogen-bond acceptors (Lipinski definition) is 3. The normalized spacial score (nSPS) is 10.8. The van der Waals surface area contributed by atoms with Crippen LogP contribution in [-0.2, 0) is 11.3 Å². The fraction of sp³-hybridized carbons (Fsp3) is 0.556. The summed E-state index contributed by atoms with van der Waals surface area (Å²) in [6.45, 7) is 5.90. The minimum Gasteiger partial charge on any atom is -0.497 e. The average Bonchev–Trinajstić information content (AvgIpc) is 2.63. The number of amides is 1. The smallest absolute Gasteiger partial charge is 0.239 e. The zero-order valence-electron chi connectivity index (χ0n) is 15.6. The van der Waals surface area contributed by atoms with E-state index in [0.29, 0.717) is 18.4 Å². The SMILES string of the molecule is CCC(CC)CNC(=NC)NCC(=O)NCc1ccc(OC)cc1.I. The summed E-state index contributed by atoms with van der Waals surface area (Å²) in [7, 11) is 3.34. The summed E-state index contributed by atoms with van der Waals surface area (Å²) >= 11 is 0. The van der Waals surface area contributed by atoms with Crippen molar-refractivity contribution < 1.29 is 9.53 Å². The minimum atomic E-state index is -0.0729. The summed E-state index contributed by atoms with van der Waals surface area (Å²) in [5.74, 6) is 2.00. The summed E-state index contributed by atoms with van der Waals surface area (Å²) in [6, 6.07) is 7.62. The highest BCUT2D eigenvalue weighted by Gasteiger charge is 2.07. The van der Waals surface area contributed by atoms with Gasteiger partial charge in [-0.25, -0.2) is 0 Å². The van der Waals surface area contributed by atoms with Crippen molar-refractivity contribution in [2.75, 3.05) is 27.2 Å². The highest BCUT2D eigenvalue weighted by molar-refractivity contribution is 14.0. The van der Waals surface area contributed by atoms with Gasteiger partial charge in [-0.15, -0.1) is 24.0 Å². The molecular weight excluding hydrogens is 431 g/mol. The first-order chi connectivity index (χ1) is 11.6. The number of guanidine groups is 1. The van der Waals surface area contributed by atoms with Crippen LogP contribution < -0.4 is 20.7 Å². The average molecular weight is 462 g/mol. The molecule has 6 nitrogen and oxygen atoms in total. The first-order valence-corrected chi connectivity index (χ1v) is 8.47. The molecule has 1 aromatic carbocycles. The van der Waals surface area contributed by atoms with E-state index in [0.717, 1.165) is 30.7 Å². The molecule has 0 fully saturated rings. The van der Waals surface area contributed by atoms with Gasteiger partial charge in [-0.05, 0) is 23.6 Å². The molecule has 3 N–H and O–H groups in total. The highest BCUT2D eigenvalue weighted by atomic mass is 127. The van der Waals surface area contributed by atoms with Crippen LogP contribution in [0.5, 0.6) is 5.75 Å². The number of aliphatic imine (C=N–C) groups is 1. The second-order valence-electron chi connectivity index (χ2n) is 5.61. The predicted octanol–water partition coefficient (Wildman–Crippen LogP) is 2.53. The van der Waals surface area contributed by atoms with Crippen molar-refractivity contribution in [3.63, 3.8) is 0 Å². The number of benzene rings is 1. The Kier molecular flexibility index (Phi) is 12.9. The Bertz CT molecular complexity index is 516. The zero-order valence-corrected chi connectivity index (χ0v) is 17.9. The van der Waals surface area contributed by atoms with Crippen LogP contribution in [0.2, 0.25) is 0 Å². The van der Waals surface area contributed by atoms with Gasteiger partial charge in [-0.1, -0.05) is 38.8 Å². The number of halogens is 1.